The normalized spacial score (nSPS) is 37.2. The fourth-order valence-corrected chi connectivity index (χ4v) is 8.26. The lowest BCUT2D eigenvalue weighted by Gasteiger charge is -2.44. The maximum Gasteiger partial charge on any atom is 0.411 e. The summed E-state index contributed by atoms with van der Waals surface area (Å²) in [5.41, 5.74) is 0. The number of nitrogens with one attached hydrogen (secondary N) is 5. The van der Waals surface area contributed by atoms with E-state index in [1.165, 1.54) is 4.31 Å². The molecule has 4 fully saturated rings. The Kier molecular flexibility index (Phi) is 11.1. The van der Waals surface area contributed by atoms with Gasteiger partial charge in [0.15, 0.2) is 6.35 Å². The maximum atomic E-state index is 13.3. The van der Waals surface area contributed by atoms with Crippen molar-refractivity contribution in [3.63, 3.8) is 0 Å². The van der Waals surface area contributed by atoms with Crippen molar-refractivity contribution in [2.75, 3.05) is 19.7 Å². The molecular formula is C23H39ClF6N6O3S. The van der Waals surface area contributed by atoms with Crippen molar-refractivity contribution in [1.82, 2.24) is 30.9 Å². The van der Waals surface area contributed by atoms with E-state index in [4.69, 9.17) is 16.3 Å². The number of hydrogen-bond donors (Lipinski definition) is 5. The van der Waals surface area contributed by atoms with Crippen molar-refractivity contribution in [3.8, 4) is 0 Å². The van der Waals surface area contributed by atoms with Crippen LogP contribution in [0.15, 0.2) is 0 Å². The van der Waals surface area contributed by atoms with E-state index in [2.05, 4.69) is 26.6 Å². The molecule has 6 atom stereocenters. The van der Waals surface area contributed by atoms with Crippen LogP contribution >= 0.6 is 11.6 Å². The molecule has 0 aromatic heterocycles. The molecule has 4 rings (SSSR count). The van der Waals surface area contributed by atoms with Gasteiger partial charge in [0.05, 0.1) is 5.92 Å². The predicted molar refractivity (Wildman–Crippen MR) is 136 cm³/mol. The second kappa shape index (κ2) is 13.6. The Bertz CT molecular complexity index is 860. The molecule has 9 nitrogen and oxygen atoms in total. The van der Waals surface area contributed by atoms with E-state index in [0.717, 1.165) is 0 Å². The molecule has 2 saturated carbocycles. The predicted octanol–water partition coefficient (Wildman–Crippen LogP) is 3.06. The second-order valence-corrected chi connectivity index (χ2v) is 14.0. The van der Waals surface area contributed by atoms with Crippen LogP contribution in [0.5, 0.6) is 0 Å². The Morgan fingerprint density at radius 1 is 0.875 bits per heavy atom. The van der Waals surface area contributed by atoms with E-state index < -0.39 is 65.5 Å². The molecule has 0 bridgehead atoms. The molecule has 17 heteroatoms. The number of piperidine rings is 1. The first-order valence-electron chi connectivity index (χ1n) is 13.9. The Morgan fingerprint density at radius 3 is 2.05 bits per heavy atom. The van der Waals surface area contributed by atoms with Crippen LogP contribution in [0.2, 0.25) is 0 Å². The van der Waals surface area contributed by atoms with E-state index >= 15 is 0 Å². The maximum absolute atomic E-state index is 13.3. The summed E-state index contributed by atoms with van der Waals surface area (Å²) in [6.45, 7) is -0.900. The fourth-order valence-electron chi connectivity index (χ4n) is 6.00. The summed E-state index contributed by atoms with van der Waals surface area (Å²) >= 11 is 6.12. The number of alkyl halides is 7. The van der Waals surface area contributed by atoms with Crippen LogP contribution in [0.3, 0.4) is 0 Å². The molecule has 234 valence electrons. The lowest BCUT2D eigenvalue weighted by atomic mass is 9.85. The SMILES string of the molecule is O=[S+]([O-])(C1CCC(Cl)CC1)N1CCC(NC2NC(NC3CCCC(C(F)(F)F)C3)NC(OCC(F)(F)F)N2)CC1. The van der Waals surface area contributed by atoms with Gasteiger partial charge >= 0.3 is 12.4 Å². The van der Waals surface area contributed by atoms with Gasteiger partial charge in [-0.05, 0) is 57.8 Å². The van der Waals surface area contributed by atoms with Gasteiger partial charge in [-0.1, -0.05) is 10.6 Å². The number of ether oxygens (including phenoxy) is 1. The van der Waals surface area contributed by atoms with Crippen molar-refractivity contribution in [2.24, 2.45) is 5.92 Å². The van der Waals surface area contributed by atoms with Crippen molar-refractivity contribution in [2.45, 2.75) is 118 Å². The molecule has 0 aromatic rings. The summed E-state index contributed by atoms with van der Waals surface area (Å²) in [4.78, 5) is 0. The van der Waals surface area contributed by atoms with Gasteiger partial charge in [0.1, 0.15) is 34.8 Å². The Balaban J connectivity index is 1.31. The minimum absolute atomic E-state index is 0.0119. The summed E-state index contributed by atoms with van der Waals surface area (Å²) in [6, 6.07) is -0.643. The van der Waals surface area contributed by atoms with Crippen LogP contribution in [0.25, 0.3) is 0 Å². The number of halogens is 7. The molecular weight excluding hydrogens is 590 g/mol. The van der Waals surface area contributed by atoms with Crippen molar-refractivity contribution in [3.05, 3.63) is 0 Å². The zero-order valence-electron chi connectivity index (χ0n) is 22.0. The largest absolute Gasteiger partial charge is 0.597 e. The monoisotopic (exact) mass is 628 g/mol. The van der Waals surface area contributed by atoms with E-state index in [1.807, 2.05) is 0 Å². The summed E-state index contributed by atoms with van der Waals surface area (Å²) < 4.78 is 111. The van der Waals surface area contributed by atoms with E-state index in [1.54, 1.807) is 0 Å². The summed E-state index contributed by atoms with van der Waals surface area (Å²) in [6.07, 6.45) is -7.47. The van der Waals surface area contributed by atoms with Gasteiger partial charge in [-0.25, -0.2) is 0 Å². The topological polar surface area (TPSA) is 113 Å². The van der Waals surface area contributed by atoms with Crippen molar-refractivity contribution >= 4 is 22.0 Å². The van der Waals surface area contributed by atoms with Crippen LogP contribution in [0.4, 0.5) is 26.3 Å². The van der Waals surface area contributed by atoms with Gasteiger partial charge in [-0.15, -0.1) is 15.9 Å². The Morgan fingerprint density at radius 2 is 1.48 bits per heavy atom. The third kappa shape index (κ3) is 9.35. The van der Waals surface area contributed by atoms with Gasteiger partial charge in [-0.2, -0.15) is 26.3 Å². The molecule has 2 aliphatic heterocycles. The van der Waals surface area contributed by atoms with Gasteiger partial charge < -0.3 is 9.29 Å². The second-order valence-electron chi connectivity index (χ2n) is 11.2. The average Bonchev–Trinajstić information content (AvgIpc) is 2.87. The molecule has 0 aromatic carbocycles. The molecule has 4 aliphatic rings. The van der Waals surface area contributed by atoms with Crippen LogP contribution < -0.4 is 26.6 Å². The first-order chi connectivity index (χ1) is 18.7. The zero-order chi connectivity index (χ0) is 29.1. The van der Waals surface area contributed by atoms with E-state index in [-0.39, 0.29) is 24.3 Å². The lowest BCUT2D eigenvalue weighted by molar-refractivity contribution is -0.199. The minimum Gasteiger partial charge on any atom is -0.597 e. The molecule has 2 saturated heterocycles. The third-order valence-electron chi connectivity index (χ3n) is 8.16. The highest BCUT2D eigenvalue weighted by atomic mass is 35.5. The smallest absolute Gasteiger partial charge is 0.411 e. The highest BCUT2D eigenvalue weighted by Gasteiger charge is 2.44. The Labute approximate surface area is 236 Å². The lowest BCUT2D eigenvalue weighted by Crippen LogP contribution is -2.76. The number of nitrogens with zero attached hydrogens (tertiary/aromatic N) is 1. The fraction of sp³-hybridized carbons (Fsp3) is 1.00. The highest BCUT2D eigenvalue weighted by molar-refractivity contribution is 7.96. The van der Waals surface area contributed by atoms with Crippen LogP contribution in [-0.4, -0.2) is 82.5 Å². The summed E-state index contributed by atoms with van der Waals surface area (Å²) in [7, 11) is -3.45. The number of rotatable bonds is 8. The molecule has 40 heavy (non-hydrogen) atoms. The average molecular weight is 629 g/mol. The summed E-state index contributed by atoms with van der Waals surface area (Å²) in [5.74, 6) is -1.43. The molecule has 5 N–H and O–H groups in total. The van der Waals surface area contributed by atoms with Crippen molar-refractivity contribution < 1.29 is 39.8 Å². The molecule has 2 heterocycles. The minimum atomic E-state index is -4.56. The van der Waals surface area contributed by atoms with Gasteiger partial charge in [0, 0.05) is 30.6 Å². The summed E-state index contributed by atoms with van der Waals surface area (Å²) in [5, 5.41) is 14.6. The van der Waals surface area contributed by atoms with E-state index in [9.17, 15) is 35.1 Å². The van der Waals surface area contributed by atoms with E-state index in [0.29, 0.717) is 64.5 Å². The highest BCUT2D eigenvalue weighted by Crippen LogP contribution is 2.37. The molecule has 0 radical (unpaired) electrons. The van der Waals surface area contributed by atoms with Gasteiger partial charge in [0.25, 0.3) is 0 Å². The number of sulfonamides is 1. The Hall–Kier alpha value is -0.300. The quantitative estimate of drug-likeness (QED) is 0.158. The molecule has 2 aliphatic carbocycles. The molecule has 0 amide bonds. The zero-order valence-corrected chi connectivity index (χ0v) is 23.6. The molecule has 0 spiro atoms. The van der Waals surface area contributed by atoms with Crippen LogP contribution in [0, 0.1) is 5.92 Å². The van der Waals surface area contributed by atoms with Gasteiger partial charge in [0.2, 0.25) is 0 Å². The molecule has 6 unspecified atom stereocenters. The van der Waals surface area contributed by atoms with Crippen LogP contribution in [0.1, 0.15) is 64.2 Å². The number of hydrogen-bond acceptors (Lipinski definition) is 8. The standard InChI is InChI=1S/C23H39ClF6N6O3S/c24-15-4-6-18(7-5-15)40(37,38)36-10-8-16(9-11-36)31-19-33-20(35-21(34-19)39-13-22(25,26)27)32-17-3-1-2-14(12-17)23(28,29)30/h14-21,31-35H,1-13H2. The third-order valence-corrected chi connectivity index (χ3v) is 11.0. The first-order valence-corrected chi connectivity index (χ1v) is 15.8. The van der Waals surface area contributed by atoms with Crippen molar-refractivity contribution in [1.29, 1.82) is 0 Å². The van der Waals surface area contributed by atoms with Gasteiger partial charge in [-0.3, -0.25) is 26.6 Å². The first kappa shape index (κ1) is 32.6. The van der Waals surface area contributed by atoms with Crippen LogP contribution in [-0.2, 0) is 19.3 Å².